The standard InChI is InChI=1S/C34H62O83P6/c1-18(2)7-6-8-19(3)23-11-12-24-22-10-9-20-17-21(13-15-33(20,4)25(22)14-16-34(23,24)5)53-32(35)59-118(40,41)31-29(55-120(45,46)47)27(54-119(42,43)44)26(57-122(51,114-110-106-102-98-94-90-86-82-78-74-70-66-62-38)115-111-107-103-100-96-92-88-84-80-76-72-68-64-60-36)28(30(31)56-121(48,49)50)58-123(52,116-112-108-104-99-95-91-87-83-79-75-71-67-63-39)117-113-109-105-101-97-93-89-85-81-77-73-69-65-61-37/h9,18-19,21-31,36-39H,6-8,10-17H2,1-5H3,(H,40,41)(H2,42,43,44)(H2,45,46,47)(H2,48,49,50)/p-9/t19-,21-,22?,23?,24?,25?,26?,27?,28?,29?,30?,31?,33?,34?,122?,123?/m0/s1. The van der Waals surface area contributed by atoms with Crippen molar-refractivity contribution in [3.05, 3.63) is 11.6 Å². The Hall–Kier alpha value is -2.57. The number of rotatable bonds is 76. The normalized spacial score (nSPS) is 26.2. The van der Waals surface area contributed by atoms with Crippen molar-refractivity contribution in [1.29, 1.82) is 0 Å². The summed E-state index contributed by atoms with van der Waals surface area (Å²) in [4.78, 5) is 107. The van der Waals surface area contributed by atoms with E-state index in [0.29, 0.717) is 35.7 Å². The average molecular weight is 1980 g/mol. The Morgan fingerprint density at radius 1 is 0.407 bits per heavy atom. The molecule has 0 bridgehead atoms. The largest absolute Gasteiger partial charge is 0.790 e. The highest BCUT2D eigenvalue weighted by Crippen LogP contribution is 2.69. The van der Waals surface area contributed by atoms with E-state index in [-0.39, 0.29) is 36.5 Å². The van der Waals surface area contributed by atoms with Gasteiger partial charge in [0.15, 0.2) is 0 Å². The third kappa shape index (κ3) is 43.1. The van der Waals surface area contributed by atoms with E-state index in [2.05, 4.69) is 337 Å². The zero-order chi connectivity index (χ0) is 90.1. The fourth-order valence-electron chi connectivity index (χ4n) is 12.7. The second-order valence-corrected chi connectivity index (χ2v) is 30.7. The monoisotopic (exact) mass is 1970 g/mol. The minimum absolute atomic E-state index is 0.00144. The molecule has 4 saturated carbocycles. The number of hydrogen-bond donors (Lipinski definition) is 2. The van der Waals surface area contributed by atoms with Crippen LogP contribution in [0.4, 0.5) is 4.79 Å². The van der Waals surface area contributed by atoms with Crippen molar-refractivity contribution in [1.82, 2.24) is 0 Å². The predicted molar refractivity (Wildman–Crippen MR) is 266 cm³/mol. The number of fused-ring (bicyclic) bond motifs is 5. The van der Waals surface area contributed by atoms with Gasteiger partial charge >= 0.3 is 21.8 Å². The van der Waals surface area contributed by atoms with E-state index in [4.69, 9.17) is 24.3 Å². The summed E-state index contributed by atoms with van der Waals surface area (Å²) in [5.41, 5.74) is -4.20. The van der Waals surface area contributed by atoms with Gasteiger partial charge in [-0.25, -0.2) is 24.4 Å². The molecule has 0 aromatic rings. The molecular formula is C34H53O83P6-9. The van der Waals surface area contributed by atoms with Crippen molar-refractivity contribution in [2.45, 2.75) is 148 Å². The molecule has 0 aromatic heterocycles. The zero-order valence-electron chi connectivity index (χ0n) is 59.5. The molecule has 15 unspecified atom stereocenters. The Labute approximate surface area is 667 Å². The number of allylic oxidation sites excluding steroid dienone is 1. The lowest BCUT2D eigenvalue weighted by atomic mass is 9.47. The molecule has 2 N–H and O–H groups in total. The Bertz CT molecular complexity index is 3150. The van der Waals surface area contributed by atoms with Crippen molar-refractivity contribution < 1.29 is 410 Å². The Kier molecular flexibility index (Phi) is 53.9. The van der Waals surface area contributed by atoms with Crippen LogP contribution < -0.4 is 44.8 Å². The molecule has 0 saturated heterocycles. The number of carbonyl (C=O) groups is 1. The lowest BCUT2D eigenvalue weighted by molar-refractivity contribution is -0.918. The first-order valence-corrected chi connectivity index (χ1v) is 39.5. The van der Waals surface area contributed by atoms with E-state index in [1.165, 1.54) is 0 Å². The molecule has 89 heteroatoms. The maximum Gasteiger partial charge on any atom is 0.534 e. The summed E-state index contributed by atoms with van der Waals surface area (Å²) in [7, 11) is -44.5. The van der Waals surface area contributed by atoms with E-state index in [0.717, 1.165) is 44.9 Å². The molecular weight excluding hydrogens is 1920 g/mol. The lowest BCUT2D eigenvalue weighted by Gasteiger charge is -2.58. The molecule has 0 aromatic carbocycles. The first kappa shape index (κ1) is 111. The fourth-order valence-corrected chi connectivity index (χ4v) is 17.8. The average Bonchev–Trinajstić information content (AvgIpc) is 1.71. The van der Waals surface area contributed by atoms with Gasteiger partial charge in [-0.15, -0.1) is 0 Å². The van der Waals surface area contributed by atoms with Crippen molar-refractivity contribution in [2.75, 3.05) is 0 Å². The first-order valence-electron chi connectivity index (χ1n) is 30.6. The Morgan fingerprint density at radius 2 is 0.732 bits per heavy atom. The van der Waals surface area contributed by atoms with Gasteiger partial charge in [0, 0.05) is 6.42 Å². The number of carbonyl (C=O) groups excluding carboxylic acids is 1. The van der Waals surface area contributed by atoms with Crippen LogP contribution in [0, 0.1) is 46.3 Å². The molecule has 83 nitrogen and oxygen atoms in total. The van der Waals surface area contributed by atoms with E-state index < -0.39 is 101 Å². The van der Waals surface area contributed by atoms with Crippen LogP contribution in [0.5, 0.6) is 0 Å². The lowest BCUT2D eigenvalue weighted by Crippen LogP contribution is -2.67. The van der Waals surface area contributed by atoms with Crippen LogP contribution in [0.1, 0.15) is 105 Å². The Morgan fingerprint density at radius 3 is 1.07 bits per heavy atom. The van der Waals surface area contributed by atoms with Gasteiger partial charge < -0.3 is 81.3 Å². The minimum Gasteiger partial charge on any atom is -0.790 e. The second-order valence-electron chi connectivity index (χ2n) is 22.7. The molecule has 0 heterocycles. The molecule has 0 amide bonds. The van der Waals surface area contributed by atoms with Crippen LogP contribution in [0.15, 0.2) is 11.6 Å². The van der Waals surface area contributed by atoms with Gasteiger partial charge in [-0.05, 0) is 353 Å². The molecule has 0 aliphatic heterocycles. The summed E-state index contributed by atoms with van der Waals surface area (Å²) in [6.45, 7) is 10.9. The van der Waals surface area contributed by atoms with Gasteiger partial charge in [-0.2, -0.15) is 0 Å². The molecule has 4 fully saturated rings. The third-order valence-electron chi connectivity index (χ3n) is 16.2. The zero-order valence-corrected chi connectivity index (χ0v) is 64.9. The topological polar surface area (TPSA) is 967 Å². The van der Waals surface area contributed by atoms with Gasteiger partial charge in [-0.3, -0.25) is 23.7 Å². The van der Waals surface area contributed by atoms with Crippen molar-refractivity contribution in [3.8, 4) is 0 Å². The highest BCUT2D eigenvalue weighted by Gasteiger charge is 2.65. The van der Waals surface area contributed by atoms with Gasteiger partial charge in [0.1, 0.15) is 36.6 Å². The summed E-state index contributed by atoms with van der Waals surface area (Å²) < 4.78 is 132. The van der Waals surface area contributed by atoms with Gasteiger partial charge in [0.05, 0.1) is 29.1 Å². The molecule has 0 radical (unpaired) electrons. The van der Waals surface area contributed by atoms with Gasteiger partial charge in [0.2, 0.25) is 7.60 Å². The van der Waals surface area contributed by atoms with Crippen molar-refractivity contribution in [3.63, 3.8) is 0 Å². The number of phosphoric ester groups is 3. The van der Waals surface area contributed by atoms with Crippen LogP contribution in [-0.2, 0) is 350 Å². The van der Waals surface area contributed by atoms with Crippen LogP contribution >= 0.6 is 46.7 Å². The quantitative estimate of drug-likeness (QED) is 0.0153. The van der Waals surface area contributed by atoms with Crippen molar-refractivity contribution >= 4 is 52.9 Å². The van der Waals surface area contributed by atoms with E-state index in [9.17, 15) is 67.5 Å². The molecule has 17 atom stereocenters. The second kappa shape index (κ2) is 59.8. The summed E-state index contributed by atoms with van der Waals surface area (Å²) in [5.74, 6) is 1.96. The SMILES string of the molecule is CC(C)CCC[C@H](C)C1CCC2C3CC=C4C[C@@H](OC(=O)OP(=O)([O-])C5C(OP(=O)([O-])[O-])C(OP(=O)([O-])[O-])C(OP(=O)(OOOOOOOOOOOOOOO)OOOOOOOOOOOOOOO[O-])C(OP(=O)(OOOOOOOOOOOOOOO)OOOOOOOOOOOOOOO[O-])C5OP(=O)([O-])[O-])CCC4(C)C3CCC21C. The van der Waals surface area contributed by atoms with E-state index >= 15 is 9.46 Å². The summed E-state index contributed by atoms with van der Waals surface area (Å²) in [5, 5.41) is 221. The maximum atomic E-state index is 15.0. The summed E-state index contributed by atoms with van der Waals surface area (Å²) in [6.07, 6.45) is -16.2. The van der Waals surface area contributed by atoms with Crippen LogP contribution in [-0.4, -0.2) is 59.0 Å². The Balaban J connectivity index is 1.56. The van der Waals surface area contributed by atoms with Crippen LogP contribution in [0.25, 0.3) is 0 Å². The predicted octanol–water partition coefficient (Wildman–Crippen LogP) is -3.02. The number of hydrogen-bond acceptors (Lipinski definition) is 83. The van der Waals surface area contributed by atoms with Gasteiger partial charge in [0.25, 0.3) is 0 Å². The molecule has 0 spiro atoms. The van der Waals surface area contributed by atoms with Crippen LogP contribution in [0.3, 0.4) is 0 Å². The number of phosphoric acid groups is 5. The molecule has 123 heavy (non-hydrogen) atoms. The molecule has 5 aliphatic carbocycles. The highest BCUT2D eigenvalue weighted by molar-refractivity contribution is 7.53. The highest BCUT2D eigenvalue weighted by atomic mass is 31.2. The van der Waals surface area contributed by atoms with Gasteiger partial charge in [-0.1, -0.05) is 84.2 Å². The van der Waals surface area contributed by atoms with E-state index in [1.54, 1.807) is 0 Å². The summed E-state index contributed by atoms with van der Waals surface area (Å²) >= 11 is 0. The first-order chi connectivity index (χ1) is 58.7. The third-order valence-corrected chi connectivity index (χ3v) is 21.4. The fraction of sp³-hybridized carbons (Fsp3) is 0.912. The maximum absolute atomic E-state index is 15.0. The summed E-state index contributed by atoms with van der Waals surface area (Å²) in [6, 6.07) is 0. The molecule has 726 valence electrons. The minimum atomic E-state index is -7.52. The number of ether oxygens (including phenoxy) is 1. The van der Waals surface area contributed by atoms with E-state index in [1.807, 2.05) is 13.0 Å². The smallest absolute Gasteiger partial charge is 0.534 e. The molecule has 5 rings (SSSR count). The van der Waals surface area contributed by atoms with Crippen LogP contribution in [0.2, 0.25) is 0 Å². The molecule has 5 aliphatic rings. The van der Waals surface area contributed by atoms with Crippen molar-refractivity contribution in [2.24, 2.45) is 46.3 Å².